The van der Waals surface area contributed by atoms with E-state index in [1.807, 2.05) is 13.8 Å². The van der Waals surface area contributed by atoms with E-state index in [4.69, 9.17) is 9.47 Å². The van der Waals surface area contributed by atoms with Crippen molar-refractivity contribution in [3.05, 3.63) is 23.8 Å². The van der Waals surface area contributed by atoms with E-state index in [2.05, 4.69) is 16.0 Å². The number of amides is 2. The summed E-state index contributed by atoms with van der Waals surface area (Å²) in [5, 5.41) is 9.06. The lowest BCUT2D eigenvalue weighted by Gasteiger charge is -2.23. The fourth-order valence-corrected chi connectivity index (χ4v) is 2.87. The van der Waals surface area contributed by atoms with Crippen molar-refractivity contribution in [1.82, 2.24) is 16.0 Å². The number of rotatable bonds is 8. The van der Waals surface area contributed by atoms with Gasteiger partial charge in [-0.15, -0.1) is 0 Å². The maximum absolute atomic E-state index is 12.4. The number of carbonyl (C=O) groups excluding carboxylic acids is 2. The molecule has 1 heterocycles. The van der Waals surface area contributed by atoms with E-state index in [1.54, 1.807) is 18.2 Å². The zero-order chi connectivity index (χ0) is 18.9. The van der Waals surface area contributed by atoms with Gasteiger partial charge in [0.1, 0.15) is 0 Å². The van der Waals surface area contributed by atoms with Gasteiger partial charge >= 0.3 is 0 Å². The molecule has 0 bridgehead atoms. The summed E-state index contributed by atoms with van der Waals surface area (Å²) in [6.07, 6.45) is 2.27. The number of nitrogens with one attached hydrogen (secondary N) is 3. The number of ether oxygens (including phenoxy) is 2. The Bertz CT molecular complexity index is 613. The number of hydrogen-bond donors (Lipinski definition) is 3. The van der Waals surface area contributed by atoms with Gasteiger partial charge in [-0.05, 0) is 63.9 Å². The molecule has 1 saturated heterocycles. The Labute approximate surface area is 154 Å². The molecule has 1 unspecified atom stereocenters. The highest BCUT2D eigenvalue weighted by atomic mass is 16.5. The summed E-state index contributed by atoms with van der Waals surface area (Å²) in [6, 6.07) is 5.01. The molecular formula is C19H29N3O4. The van der Waals surface area contributed by atoms with Gasteiger partial charge in [-0.3, -0.25) is 9.59 Å². The zero-order valence-corrected chi connectivity index (χ0v) is 15.8. The van der Waals surface area contributed by atoms with E-state index in [9.17, 15) is 9.59 Å². The van der Waals surface area contributed by atoms with Crippen molar-refractivity contribution in [3.8, 4) is 11.5 Å². The van der Waals surface area contributed by atoms with Gasteiger partial charge in [0.05, 0.1) is 7.11 Å². The lowest BCUT2D eigenvalue weighted by atomic mass is 9.99. The minimum Gasteiger partial charge on any atom is -0.493 e. The Morgan fingerprint density at radius 1 is 1.31 bits per heavy atom. The molecule has 2 amide bonds. The van der Waals surface area contributed by atoms with E-state index in [1.165, 1.54) is 7.11 Å². The van der Waals surface area contributed by atoms with E-state index >= 15 is 0 Å². The maximum atomic E-state index is 12.4. The highest BCUT2D eigenvalue weighted by Gasteiger charge is 2.16. The monoisotopic (exact) mass is 363 g/mol. The largest absolute Gasteiger partial charge is 0.493 e. The van der Waals surface area contributed by atoms with Crippen LogP contribution in [0.4, 0.5) is 0 Å². The lowest BCUT2D eigenvalue weighted by Crippen LogP contribution is -2.38. The van der Waals surface area contributed by atoms with Gasteiger partial charge in [-0.2, -0.15) is 0 Å². The third kappa shape index (κ3) is 6.22. The molecule has 0 aliphatic carbocycles. The van der Waals surface area contributed by atoms with Crippen molar-refractivity contribution in [2.75, 3.05) is 33.4 Å². The molecule has 0 aromatic heterocycles. The predicted molar refractivity (Wildman–Crippen MR) is 99.7 cm³/mol. The second kappa shape index (κ2) is 10.0. The highest BCUT2D eigenvalue weighted by molar-refractivity contribution is 5.94. The van der Waals surface area contributed by atoms with Crippen LogP contribution >= 0.6 is 0 Å². The SMILES string of the molecule is COc1cc(C(=O)NCC2CCCNC2)ccc1OCC(=O)NC(C)C. The fraction of sp³-hybridized carbons (Fsp3) is 0.579. The predicted octanol–water partition coefficient (Wildman–Crippen LogP) is 1.33. The molecule has 3 N–H and O–H groups in total. The van der Waals surface area contributed by atoms with Crippen molar-refractivity contribution >= 4 is 11.8 Å². The van der Waals surface area contributed by atoms with E-state index in [0.29, 0.717) is 29.5 Å². The third-order valence-corrected chi connectivity index (χ3v) is 4.18. The first-order valence-electron chi connectivity index (χ1n) is 9.08. The molecule has 1 aliphatic rings. The van der Waals surface area contributed by atoms with Gasteiger partial charge in [0, 0.05) is 18.2 Å². The Morgan fingerprint density at radius 2 is 2.12 bits per heavy atom. The van der Waals surface area contributed by atoms with Gasteiger partial charge in [0.25, 0.3) is 11.8 Å². The topological polar surface area (TPSA) is 88.7 Å². The average Bonchev–Trinajstić information content (AvgIpc) is 2.64. The Kier molecular flexibility index (Phi) is 7.72. The van der Waals surface area contributed by atoms with E-state index in [0.717, 1.165) is 25.9 Å². The quantitative estimate of drug-likeness (QED) is 0.648. The maximum Gasteiger partial charge on any atom is 0.258 e. The van der Waals surface area contributed by atoms with E-state index in [-0.39, 0.29) is 24.5 Å². The molecule has 7 nitrogen and oxygen atoms in total. The van der Waals surface area contributed by atoms with Gasteiger partial charge in [-0.1, -0.05) is 0 Å². The summed E-state index contributed by atoms with van der Waals surface area (Å²) in [5.41, 5.74) is 0.504. The fourth-order valence-electron chi connectivity index (χ4n) is 2.87. The number of hydrogen-bond acceptors (Lipinski definition) is 5. The Morgan fingerprint density at radius 3 is 2.77 bits per heavy atom. The van der Waals surface area contributed by atoms with Crippen LogP contribution in [-0.2, 0) is 4.79 Å². The highest BCUT2D eigenvalue weighted by Crippen LogP contribution is 2.28. The Hall–Kier alpha value is -2.28. The normalized spacial score (nSPS) is 16.8. The van der Waals surface area contributed by atoms with Crippen LogP contribution < -0.4 is 25.4 Å². The van der Waals surface area contributed by atoms with Crippen LogP contribution in [0.25, 0.3) is 0 Å². The van der Waals surface area contributed by atoms with Crippen LogP contribution in [0.5, 0.6) is 11.5 Å². The first kappa shape index (κ1) is 20.0. The van der Waals surface area contributed by atoms with Gasteiger partial charge in [-0.25, -0.2) is 0 Å². The zero-order valence-electron chi connectivity index (χ0n) is 15.8. The van der Waals surface area contributed by atoms with Crippen molar-refractivity contribution < 1.29 is 19.1 Å². The molecular weight excluding hydrogens is 334 g/mol. The summed E-state index contributed by atoms with van der Waals surface area (Å²) in [7, 11) is 1.51. The molecule has 0 saturated carbocycles. The van der Waals surface area contributed by atoms with Crippen LogP contribution in [0.2, 0.25) is 0 Å². The molecule has 0 spiro atoms. The molecule has 1 fully saturated rings. The molecule has 1 atom stereocenters. The summed E-state index contributed by atoms with van der Waals surface area (Å²) in [5.74, 6) is 0.980. The summed E-state index contributed by atoms with van der Waals surface area (Å²) >= 11 is 0. The minimum absolute atomic E-state index is 0.0541. The van der Waals surface area contributed by atoms with Crippen LogP contribution in [0.1, 0.15) is 37.0 Å². The van der Waals surface area contributed by atoms with Crippen molar-refractivity contribution in [2.45, 2.75) is 32.7 Å². The molecule has 26 heavy (non-hydrogen) atoms. The average molecular weight is 363 g/mol. The van der Waals surface area contributed by atoms with Crippen molar-refractivity contribution in [1.29, 1.82) is 0 Å². The third-order valence-electron chi connectivity index (χ3n) is 4.18. The first-order valence-corrected chi connectivity index (χ1v) is 9.08. The van der Waals surface area contributed by atoms with Crippen molar-refractivity contribution in [3.63, 3.8) is 0 Å². The molecule has 144 valence electrons. The lowest BCUT2D eigenvalue weighted by molar-refractivity contribution is -0.123. The molecule has 2 rings (SSSR count). The van der Waals surface area contributed by atoms with Crippen LogP contribution in [0.3, 0.4) is 0 Å². The number of benzene rings is 1. The number of methoxy groups -OCH3 is 1. The van der Waals surface area contributed by atoms with Gasteiger partial charge in [0.15, 0.2) is 18.1 Å². The van der Waals surface area contributed by atoms with Gasteiger partial charge in [0.2, 0.25) is 0 Å². The van der Waals surface area contributed by atoms with Crippen LogP contribution in [0, 0.1) is 5.92 Å². The second-order valence-electron chi connectivity index (χ2n) is 6.80. The first-order chi connectivity index (χ1) is 12.5. The van der Waals surface area contributed by atoms with Gasteiger partial charge < -0.3 is 25.4 Å². The van der Waals surface area contributed by atoms with Crippen LogP contribution in [-0.4, -0.2) is 51.2 Å². The molecule has 1 aromatic rings. The van der Waals surface area contributed by atoms with E-state index < -0.39 is 0 Å². The molecule has 1 aliphatic heterocycles. The molecule has 7 heteroatoms. The standard InChI is InChI=1S/C19H29N3O4/c1-13(2)22-18(23)12-26-16-7-6-15(9-17(16)25-3)19(24)21-11-14-5-4-8-20-10-14/h6-7,9,13-14,20H,4-5,8,10-12H2,1-3H3,(H,21,24)(H,22,23). The van der Waals surface area contributed by atoms with Crippen molar-refractivity contribution in [2.24, 2.45) is 5.92 Å². The number of piperidine rings is 1. The second-order valence-corrected chi connectivity index (χ2v) is 6.80. The summed E-state index contributed by atoms with van der Waals surface area (Å²) in [4.78, 5) is 24.1. The smallest absolute Gasteiger partial charge is 0.258 e. The Balaban J connectivity index is 1.91. The summed E-state index contributed by atoms with van der Waals surface area (Å²) < 4.78 is 10.8. The number of carbonyl (C=O) groups is 2. The molecule has 1 aromatic carbocycles. The minimum atomic E-state index is -0.204. The molecule has 0 radical (unpaired) electrons. The van der Waals surface area contributed by atoms with Crippen LogP contribution in [0.15, 0.2) is 18.2 Å². The summed E-state index contributed by atoms with van der Waals surface area (Å²) in [6.45, 7) is 6.31.